The molecular formula is C24H19ClN2O4S. The van der Waals surface area contributed by atoms with E-state index in [4.69, 9.17) is 16.7 Å². The van der Waals surface area contributed by atoms with Gasteiger partial charge >= 0.3 is 5.97 Å². The number of carboxylic acid groups (broad SMARTS) is 1. The summed E-state index contributed by atoms with van der Waals surface area (Å²) in [5.74, 6) is -0.839. The largest absolute Gasteiger partial charge is 0.478 e. The smallest absolute Gasteiger partial charge is 0.335 e. The first-order valence-corrected chi connectivity index (χ1v) is 11.2. The fourth-order valence-corrected chi connectivity index (χ4v) is 4.70. The monoisotopic (exact) mass is 466 g/mol. The minimum atomic E-state index is -1.02. The lowest BCUT2D eigenvalue weighted by molar-refractivity contribution is -0.128. The first kappa shape index (κ1) is 21.9. The van der Waals surface area contributed by atoms with Crippen molar-refractivity contribution in [2.75, 3.05) is 11.1 Å². The van der Waals surface area contributed by atoms with E-state index >= 15 is 0 Å². The molecular weight excluding hydrogens is 448 g/mol. The summed E-state index contributed by atoms with van der Waals surface area (Å²) < 4.78 is 0. The molecule has 162 valence electrons. The zero-order chi connectivity index (χ0) is 22.7. The Morgan fingerprint density at radius 2 is 1.59 bits per heavy atom. The average Bonchev–Trinajstić information content (AvgIpc) is 3.16. The van der Waals surface area contributed by atoms with Gasteiger partial charge in [-0.1, -0.05) is 35.9 Å². The van der Waals surface area contributed by atoms with E-state index in [1.54, 1.807) is 36.0 Å². The van der Waals surface area contributed by atoms with Crippen LogP contribution in [0.2, 0.25) is 5.02 Å². The van der Waals surface area contributed by atoms with Crippen LogP contribution in [0.1, 0.15) is 37.2 Å². The van der Waals surface area contributed by atoms with E-state index in [-0.39, 0.29) is 22.8 Å². The van der Waals surface area contributed by atoms with Gasteiger partial charge in [0.25, 0.3) is 5.91 Å². The summed E-state index contributed by atoms with van der Waals surface area (Å²) >= 11 is 7.51. The number of aromatic carboxylic acids is 1. The highest BCUT2D eigenvalue weighted by atomic mass is 35.5. The lowest BCUT2D eigenvalue weighted by Gasteiger charge is -2.24. The van der Waals surface area contributed by atoms with Crippen LogP contribution < -0.4 is 5.32 Å². The van der Waals surface area contributed by atoms with Crippen LogP contribution in [0.15, 0.2) is 72.8 Å². The molecule has 0 spiro atoms. The van der Waals surface area contributed by atoms with Gasteiger partial charge in [-0.2, -0.15) is 0 Å². The lowest BCUT2D eigenvalue weighted by Crippen LogP contribution is -2.27. The number of halogens is 1. The molecule has 0 bridgehead atoms. The summed E-state index contributed by atoms with van der Waals surface area (Å²) in [5, 5.41) is 12.2. The number of hydrogen-bond acceptors (Lipinski definition) is 4. The third-order valence-corrected chi connectivity index (χ3v) is 6.59. The molecule has 4 rings (SSSR count). The molecule has 0 aromatic heterocycles. The number of hydrogen-bond donors (Lipinski definition) is 2. The van der Waals surface area contributed by atoms with Crippen molar-refractivity contribution in [2.45, 2.75) is 11.9 Å². The highest BCUT2D eigenvalue weighted by molar-refractivity contribution is 8.00. The van der Waals surface area contributed by atoms with Crippen molar-refractivity contribution in [2.24, 2.45) is 0 Å². The van der Waals surface area contributed by atoms with Gasteiger partial charge in [0.2, 0.25) is 5.91 Å². The Labute approximate surface area is 194 Å². The van der Waals surface area contributed by atoms with Gasteiger partial charge in [0.1, 0.15) is 5.37 Å². The highest BCUT2D eigenvalue weighted by Gasteiger charge is 2.32. The Kier molecular flexibility index (Phi) is 6.48. The van der Waals surface area contributed by atoms with E-state index < -0.39 is 5.97 Å². The normalized spacial score (nSPS) is 15.6. The van der Waals surface area contributed by atoms with Gasteiger partial charge in [-0.05, 0) is 59.7 Å². The minimum Gasteiger partial charge on any atom is -0.478 e. The summed E-state index contributed by atoms with van der Waals surface area (Å²) in [6, 6.07) is 20.6. The molecule has 2 N–H and O–H groups in total. The molecule has 0 aliphatic carbocycles. The SMILES string of the molecule is O=C(O)c1ccc(NC(=O)c2ccc([C@@H]3SCC(=O)N3Cc3ccc(Cl)cc3)cc2)cc1. The molecule has 32 heavy (non-hydrogen) atoms. The molecule has 1 aliphatic heterocycles. The van der Waals surface area contributed by atoms with Gasteiger partial charge in [-0.25, -0.2) is 4.79 Å². The molecule has 1 fully saturated rings. The molecule has 1 atom stereocenters. The van der Waals surface area contributed by atoms with Crippen LogP contribution in [0.5, 0.6) is 0 Å². The van der Waals surface area contributed by atoms with Crippen LogP contribution in [-0.2, 0) is 11.3 Å². The third kappa shape index (κ3) is 4.95. The second-order valence-electron chi connectivity index (χ2n) is 7.27. The van der Waals surface area contributed by atoms with E-state index in [1.165, 1.54) is 12.1 Å². The predicted octanol–water partition coefficient (Wildman–Crippen LogP) is 5.06. The molecule has 3 aromatic carbocycles. The lowest BCUT2D eigenvalue weighted by atomic mass is 10.1. The Bertz CT molecular complexity index is 1150. The van der Waals surface area contributed by atoms with Crippen LogP contribution in [0.3, 0.4) is 0 Å². The number of nitrogens with zero attached hydrogens (tertiary/aromatic N) is 1. The van der Waals surface area contributed by atoms with E-state index in [2.05, 4.69) is 5.32 Å². The number of anilines is 1. The maximum atomic E-state index is 12.5. The summed E-state index contributed by atoms with van der Waals surface area (Å²) in [5.41, 5.74) is 3.07. The molecule has 0 radical (unpaired) electrons. The molecule has 1 aliphatic rings. The Morgan fingerprint density at radius 3 is 2.22 bits per heavy atom. The molecule has 2 amide bonds. The van der Waals surface area contributed by atoms with Gasteiger partial charge in [-0.3, -0.25) is 9.59 Å². The van der Waals surface area contributed by atoms with Crippen molar-refractivity contribution in [1.29, 1.82) is 0 Å². The fourth-order valence-electron chi connectivity index (χ4n) is 3.39. The first-order valence-electron chi connectivity index (χ1n) is 9.81. The van der Waals surface area contributed by atoms with Crippen molar-refractivity contribution < 1.29 is 19.5 Å². The standard InChI is InChI=1S/C24H19ClN2O4S/c25-19-9-1-15(2-10-19)13-27-21(28)14-32-23(27)17-5-3-16(4-6-17)22(29)26-20-11-7-18(8-12-20)24(30)31/h1-12,23H,13-14H2,(H,26,29)(H,30,31)/t23-/m0/s1. The molecule has 0 unspecified atom stereocenters. The zero-order valence-electron chi connectivity index (χ0n) is 16.8. The number of thioether (sulfide) groups is 1. The second kappa shape index (κ2) is 9.46. The number of amides is 2. The molecule has 3 aromatic rings. The Balaban J connectivity index is 1.44. The minimum absolute atomic E-state index is 0.0709. The van der Waals surface area contributed by atoms with Crippen molar-refractivity contribution in [3.63, 3.8) is 0 Å². The van der Waals surface area contributed by atoms with Crippen molar-refractivity contribution in [1.82, 2.24) is 4.90 Å². The summed E-state index contributed by atoms with van der Waals surface area (Å²) in [6.07, 6.45) is 0. The quantitative estimate of drug-likeness (QED) is 0.530. The van der Waals surface area contributed by atoms with Gasteiger partial charge in [-0.15, -0.1) is 11.8 Å². The van der Waals surface area contributed by atoms with Gasteiger partial charge in [0, 0.05) is 22.8 Å². The van der Waals surface area contributed by atoms with E-state index in [0.717, 1.165) is 11.1 Å². The summed E-state index contributed by atoms with van der Waals surface area (Å²) in [4.78, 5) is 37.8. The third-order valence-electron chi connectivity index (χ3n) is 5.08. The van der Waals surface area contributed by atoms with E-state index in [1.807, 2.05) is 41.3 Å². The molecule has 8 heteroatoms. The van der Waals surface area contributed by atoms with E-state index in [9.17, 15) is 14.4 Å². The first-order chi connectivity index (χ1) is 15.4. The van der Waals surface area contributed by atoms with Crippen molar-refractivity contribution in [3.8, 4) is 0 Å². The molecule has 1 heterocycles. The maximum absolute atomic E-state index is 12.5. The van der Waals surface area contributed by atoms with Crippen molar-refractivity contribution in [3.05, 3.63) is 100 Å². The Morgan fingerprint density at radius 1 is 0.969 bits per heavy atom. The molecule has 1 saturated heterocycles. The van der Waals surface area contributed by atoms with Crippen LogP contribution in [0.25, 0.3) is 0 Å². The number of carbonyl (C=O) groups is 3. The average molecular weight is 467 g/mol. The van der Waals surface area contributed by atoms with Crippen LogP contribution in [-0.4, -0.2) is 33.5 Å². The van der Waals surface area contributed by atoms with Gasteiger partial charge in [0.15, 0.2) is 0 Å². The van der Waals surface area contributed by atoms with Crippen LogP contribution >= 0.6 is 23.4 Å². The van der Waals surface area contributed by atoms with Gasteiger partial charge < -0.3 is 15.3 Å². The zero-order valence-corrected chi connectivity index (χ0v) is 18.4. The van der Waals surface area contributed by atoms with Crippen LogP contribution in [0.4, 0.5) is 5.69 Å². The van der Waals surface area contributed by atoms with E-state index in [0.29, 0.717) is 28.6 Å². The maximum Gasteiger partial charge on any atom is 0.335 e. The molecule has 0 saturated carbocycles. The number of nitrogens with one attached hydrogen (secondary N) is 1. The summed E-state index contributed by atoms with van der Waals surface area (Å²) in [7, 11) is 0. The molecule has 6 nitrogen and oxygen atoms in total. The van der Waals surface area contributed by atoms with Crippen molar-refractivity contribution >= 4 is 46.8 Å². The predicted molar refractivity (Wildman–Crippen MR) is 125 cm³/mol. The highest BCUT2D eigenvalue weighted by Crippen LogP contribution is 2.39. The number of carbonyl (C=O) groups excluding carboxylic acids is 2. The topological polar surface area (TPSA) is 86.7 Å². The number of rotatable bonds is 6. The Hall–Kier alpha value is -3.29. The second-order valence-corrected chi connectivity index (χ2v) is 8.78. The number of benzene rings is 3. The van der Waals surface area contributed by atoms with Gasteiger partial charge in [0.05, 0.1) is 11.3 Å². The summed E-state index contributed by atoms with van der Waals surface area (Å²) in [6.45, 7) is 0.488. The van der Waals surface area contributed by atoms with Crippen LogP contribution in [0, 0.1) is 0 Å². The fraction of sp³-hybridized carbons (Fsp3) is 0.125. The number of carboxylic acids is 1.